The predicted molar refractivity (Wildman–Crippen MR) is 118 cm³/mol. The van der Waals surface area contributed by atoms with Gasteiger partial charge < -0.3 is 4.74 Å². The van der Waals surface area contributed by atoms with E-state index in [1.54, 1.807) is 0 Å². The average molecular weight is 409 g/mol. The van der Waals surface area contributed by atoms with E-state index in [2.05, 4.69) is 31.2 Å². The molecular weight excluding hydrogens is 386 g/mol. The summed E-state index contributed by atoms with van der Waals surface area (Å²) in [5.74, 6) is -0.625. The fourth-order valence-electron chi connectivity index (χ4n) is 6.31. The van der Waals surface area contributed by atoms with Crippen molar-refractivity contribution < 1.29 is 14.3 Å². The molecule has 0 spiro atoms. The third-order valence-electron chi connectivity index (χ3n) is 7.45. The van der Waals surface area contributed by atoms with E-state index in [9.17, 15) is 9.59 Å². The van der Waals surface area contributed by atoms with Gasteiger partial charge in [0.1, 0.15) is 5.75 Å². The van der Waals surface area contributed by atoms with Crippen LogP contribution in [0, 0.1) is 11.8 Å². The van der Waals surface area contributed by atoms with Crippen LogP contribution in [0.4, 0.5) is 5.69 Å². The molecule has 4 heteroatoms. The van der Waals surface area contributed by atoms with Crippen molar-refractivity contribution in [2.24, 2.45) is 11.8 Å². The Hall–Kier alpha value is -3.40. The Labute approximate surface area is 181 Å². The molecule has 3 aromatic carbocycles. The summed E-state index contributed by atoms with van der Waals surface area (Å²) < 4.78 is 5.77. The number of carbonyl (C=O) groups is 2. The van der Waals surface area contributed by atoms with Gasteiger partial charge in [0.15, 0.2) is 0 Å². The molecule has 0 N–H and O–H groups in total. The van der Waals surface area contributed by atoms with Crippen molar-refractivity contribution in [1.82, 2.24) is 0 Å². The van der Waals surface area contributed by atoms with Crippen LogP contribution in [-0.2, 0) is 15.0 Å². The first-order valence-electron chi connectivity index (χ1n) is 10.9. The number of carbonyl (C=O) groups excluding carboxylic acids is 2. The van der Waals surface area contributed by atoms with Gasteiger partial charge in [-0.05, 0) is 41.3 Å². The van der Waals surface area contributed by atoms with Crippen LogP contribution in [0.25, 0.3) is 0 Å². The van der Waals surface area contributed by atoms with Crippen LogP contribution in [0.1, 0.15) is 42.0 Å². The number of imide groups is 1. The number of benzene rings is 3. The highest BCUT2D eigenvalue weighted by Crippen LogP contribution is 2.64. The summed E-state index contributed by atoms with van der Waals surface area (Å²) in [6, 6.07) is 24.0. The molecule has 31 heavy (non-hydrogen) atoms. The summed E-state index contributed by atoms with van der Waals surface area (Å²) in [5, 5.41) is 0. The van der Waals surface area contributed by atoms with Gasteiger partial charge in [-0.2, -0.15) is 0 Å². The summed E-state index contributed by atoms with van der Waals surface area (Å²) >= 11 is 0. The third-order valence-corrected chi connectivity index (χ3v) is 7.45. The van der Waals surface area contributed by atoms with Crippen LogP contribution in [0.3, 0.4) is 0 Å². The van der Waals surface area contributed by atoms with Crippen LogP contribution in [-0.4, -0.2) is 18.4 Å². The zero-order valence-electron chi connectivity index (χ0n) is 17.5. The van der Waals surface area contributed by atoms with Gasteiger partial charge in [-0.25, -0.2) is 4.90 Å². The minimum atomic E-state index is -0.547. The van der Waals surface area contributed by atoms with Crippen molar-refractivity contribution in [1.29, 1.82) is 0 Å². The summed E-state index contributed by atoms with van der Waals surface area (Å²) in [4.78, 5) is 29.3. The van der Waals surface area contributed by atoms with Gasteiger partial charge in [0.25, 0.3) is 0 Å². The summed E-state index contributed by atoms with van der Waals surface area (Å²) in [5.41, 5.74) is 4.68. The molecule has 3 aromatic rings. The zero-order valence-corrected chi connectivity index (χ0v) is 17.5. The first-order valence-corrected chi connectivity index (χ1v) is 10.9. The Bertz CT molecular complexity index is 1200. The molecule has 2 bridgehead atoms. The number of amides is 2. The van der Waals surface area contributed by atoms with Gasteiger partial charge >= 0.3 is 0 Å². The lowest BCUT2D eigenvalue weighted by Gasteiger charge is -2.52. The van der Waals surface area contributed by atoms with Gasteiger partial charge in [-0.1, -0.05) is 67.6 Å². The second kappa shape index (κ2) is 6.30. The van der Waals surface area contributed by atoms with E-state index in [0.29, 0.717) is 18.0 Å². The van der Waals surface area contributed by atoms with Crippen LogP contribution in [0.15, 0.2) is 72.8 Å². The highest BCUT2D eigenvalue weighted by molar-refractivity contribution is 6.24. The third kappa shape index (κ3) is 2.15. The van der Waals surface area contributed by atoms with Gasteiger partial charge in [0, 0.05) is 11.3 Å². The molecule has 7 rings (SSSR count). The van der Waals surface area contributed by atoms with Gasteiger partial charge in [-0.15, -0.1) is 0 Å². The second-order valence-electron chi connectivity index (χ2n) is 8.77. The topological polar surface area (TPSA) is 46.6 Å². The summed E-state index contributed by atoms with van der Waals surface area (Å²) in [6.45, 7) is 4.51. The second-order valence-corrected chi connectivity index (χ2v) is 8.77. The molecule has 0 radical (unpaired) electrons. The number of ether oxygens (including phenoxy) is 1. The largest absolute Gasteiger partial charge is 0.492 e. The molecule has 4 aliphatic rings. The molecule has 1 saturated heterocycles. The van der Waals surface area contributed by atoms with Crippen molar-refractivity contribution in [3.05, 3.63) is 95.1 Å². The van der Waals surface area contributed by atoms with E-state index in [-0.39, 0.29) is 17.7 Å². The molecular formula is C27H23NO3. The minimum Gasteiger partial charge on any atom is -0.492 e. The van der Waals surface area contributed by atoms with Gasteiger partial charge in [-0.3, -0.25) is 9.59 Å². The molecule has 1 fully saturated rings. The number of para-hydroxylation sites is 2. The van der Waals surface area contributed by atoms with Crippen molar-refractivity contribution in [2.45, 2.75) is 25.2 Å². The Kier molecular flexibility index (Phi) is 3.73. The number of nitrogens with zero attached hydrogens (tertiary/aromatic N) is 1. The standard InChI is InChI=1S/C27H23NO3/c1-3-31-21-15-9-8-14-20(21)28-25(29)23-22-16-10-4-6-12-18(16)27(2,24(23)26(28)30)19-13-7-5-11-17(19)22/h4-15,22-24H,3H2,1-2H3/t22?,23-,24-,27?/m0/s1. The van der Waals surface area contributed by atoms with Crippen LogP contribution in [0.2, 0.25) is 0 Å². The Balaban J connectivity index is 1.59. The number of rotatable bonds is 3. The van der Waals surface area contributed by atoms with Crippen molar-refractivity contribution in [2.75, 3.05) is 11.5 Å². The SMILES string of the molecule is CCOc1ccccc1N1C(=O)[C@@H]2[C@@H](C1=O)C1c3ccccc3C2(C)c2ccccc21. The Morgan fingerprint density at radius 1 is 0.839 bits per heavy atom. The van der Waals surface area contributed by atoms with E-state index < -0.39 is 17.3 Å². The van der Waals surface area contributed by atoms with Gasteiger partial charge in [0.2, 0.25) is 11.8 Å². The Morgan fingerprint density at radius 2 is 1.42 bits per heavy atom. The van der Waals surface area contributed by atoms with Crippen molar-refractivity contribution >= 4 is 17.5 Å². The first kappa shape index (κ1) is 18.4. The molecule has 0 unspecified atom stereocenters. The number of anilines is 1. The fourth-order valence-corrected chi connectivity index (χ4v) is 6.31. The fraction of sp³-hybridized carbons (Fsp3) is 0.259. The van der Waals surface area contributed by atoms with E-state index in [0.717, 1.165) is 0 Å². The maximum atomic E-state index is 14.0. The highest BCUT2D eigenvalue weighted by Gasteiger charge is 2.66. The lowest BCUT2D eigenvalue weighted by molar-refractivity contribution is -0.123. The molecule has 0 saturated carbocycles. The maximum absolute atomic E-state index is 14.0. The van der Waals surface area contributed by atoms with Crippen molar-refractivity contribution in [3.63, 3.8) is 0 Å². The molecule has 2 amide bonds. The highest BCUT2D eigenvalue weighted by atomic mass is 16.5. The number of hydrogen-bond acceptors (Lipinski definition) is 3. The van der Waals surface area contributed by atoms with E-state index in [1.165, 1.54) is 27.2 Å². The van der Waals surface area contributed by atoms with E-state index in [1.807, 2.05) is 55.5 Å². The lowest BCUT2D eigenvalue weighted by atomic mass is 9.48. The molecule has 3 aliphatic carbocycles. The summed E-state index contributed by atoms with van der Waals surface area (Å²) in [7, 11) is 0. The van der Waals surface area contributed by atoms with Crippen LogP contribution in [0.5, 0.6) is 5.75 Å². The maximum Gasteiger partial charge on any atom is 0.239 e. The molecule has 1 aliphatic heterocycles. The molecule has 4 nitrogen and oxygen atoms in total. The predicted octanol–water partition coefficient (Wildman–Crippen LogP) is 4.66. The van der Waals surface area contributed by atoms with Gasteiger partial charge in [0.05, 0.1) is 24.1 Å². The zero-order chi connectivity index (χ0) is 21.3. The number of hydrogen-bond donors (Lipinski definition) is 0. The van der Waals surface area contributed by atoms with E-state index >= 15 is 0 Å². The minimum absolute atomic E-state index is 0.111. The molecule has 154 valence electrons. The smallest absolute Gasteiger partial charge is 0.239 e. The monoisotopic (exact) mass is 409 g/mol. The average Bonchev–Trinajstić information content (AvgIpc) is 3.06. The quantitative estimate of drug-likeness (QED) is 0.592. The normalized spacial score (nSPS) is 27.7. The Morgan fingerprint density at radius 3 is 2.06 bits per heavy atom. The first-order chi connectivity index (χ1) is 15.1. The van der Waals surface area contributed by atoms with Crippen LogP contribution >= 0.6 is 0 Å². The van der Waals surface area contributed by atoms with E-state index in [4.69, 9.17) is 4.74 Å². The lowest BCUT2D eigenvalue weighted by Crippen LogP contribution is -2.51. The molecule has 0 aromatic heterocycles. The summed E-state index contributed by atoms with van der Waals surface area (Å²) in [6.07, 6.45) is 0. The molecule has 2 atom stereocenters. The van der Waals surface area contributed by atoms with Crippen LogP contribution < -0.4 is 9.64 Å². The molecule has 1 heterocycles. The van der Waals surface area contributed by atoms with Crippen molar-refractivity contribution in [3.8, 4) is 5.75 Å².